The number of benzene rings is 2. The van der Waals surface area contributed by atoms with Gasteiger partial charge in [0.1, 0.15) is 0 Å². The molecule has 2 N–H and O–H groups in total. The smallest absolute Gasteiger partial charge is 0.261 e. The summed E-state index contributed by atoms with van der Waals surface area (Å²) in [5.74, 6) is -0.152. The normalized spacial score (nSPS) is 12.6. The molecule has 0 aliphatic rings. The summed E-state index contributed by atoms with van der Waals surface area (Å²) in [6, 6.07) is 17.7. The van der Waals surface area contributed by atoms with Crippen LogP contribution in [0.25, 0.3) is 21.0 Å². The Balaban J connectivity index is 1.51. The van der Waals surface area contributed by atoms with Crippen molar-refractivity contribution in [2.24, 2.45) is 7.05 Å². The van der Waals surface area contributed by atoms with E-state index in [2.05, 4.69) is 5.32 Å². The molecular weight excluding hydrogens is 332 g/mol. The van der Waals surface area contributed by atoms with Crippen molar-refractivity contribution < 1.29 is 9.90 Å². The first-order chi connectivity index (χ1) is 12.1. The summed E-state index contributed by atoms with van der Waals surface area (Å²) in [5, 5.41) is 15.5. The molecule has 4 nitrogen and oxygen atoms in total. The van der Waals surface area contributed by atoms with Crippen LogP contribution < -0.4 is 5.32 Å². The summed E-state index contributed by atoms with van der Waals surface area (Å²) in [5.41, 5.74) is 1.89. The van der Waals surface area contributed by atoms with E-state index in [0.29, 0.717) is 4.88 Å². The van der Waals surface area contributed by atoms with Gasteiger partial charge in [0, 0.05) is 41.0 Å². The van der Waals surface area contributed by atoms with E-state index in [1.807, 2.05) is 72.4 Å². The number of nitrogens with one attached hydrogen (secondary N) is 1. The molecule has 0 aliphatic carbocycles. The number of aryl methyl sites for hydroxylation is 1. The highest BCUT2D eigenvalue weighted by Gasteiger charge is 2.16. The molecule has 0 aliphatic heterocycles. The SMILES string of the molecule is Cn1cc([C@@H](O)CNC(=O)c2cc3ccccc3s2)c2ccccc21. The average Bonchev–Trinajstić information content (AvgIpc) is 3.21. The van der Waals surface area contributed by atoms with E-state index >= 15 is 0 Å². The standard InChI is InChI=1S/C20H18N2O2S/c1-22-12-15(14-7-3-4-8-16(14)22)17(23)11-21-20(24)19-10-13-6-2-5-9-18(13)25-19/h2-10,12,17,23H,11H2,1H3,(H,21,24)/t17-/m0/s1. The lowest BCUT2D eigenvalue weighted by atomic mass is 10.1. The van der Waals surface area contributed by atoms with Crippen molar-refractivity contribution in [3.05, 3.63) is 71.2 Å². The maximum absolute atomic E-state index is 12.4. The van der Waals surface area contributed by atoms with Gasteiger partial charge >= 0.3 is 0 Å². The third kappa shape index (κ3) is 2.92. The van der Waals surface area contributed by atoms with Crippen molar-refractivity contribution in [1.82, 2.24) is 9.88 Å². The minimum atomic E-state index is -0.746. The molecule has 5 heteroatoms. The fourth-order valence-corrected chi connectivity index (χ4v) is 4.10. The van der Waals surface area contributed by atoms with Crippen LogP contribution in [0.1, 0.15) is 21.3 Å². The number of thiophene rings is 1. The molecule has 1 atom stereocenters. The van der Waals surface area contributed by atoms with E-state index < -0.39 is 6.10 Å². The van der Waals surface area contributed by atoms with E-state index in [0.717, 1.165) is 26.6 Å². The van der Waals surface area contributed by atoms with Gasteiger partial charge in [-0.15, -0.1) is 11.3 Å². The van der Waals surface area contributed by atoms with E-state index in [1.165, 1.54) is 11.3 Å². The maximum atomic E-state index is 12.4. The number of amides is 1. The molecule has 25 heavy (non-hydrogen) atoms. The third-order valence-corrected chi connectivity index (χ3v) is 5.51. The highest BCUT2D eigenvalue weighted by molar-refractivity contribution is 7.20. The predicted molar refractivity (Wildman–Crippen MR) is 102 cm³/mol. The molecule has 0 spiro atoms. The number of fused-ring (bicyclic) bond motifs is 2. The Morgan fingerprint density at radius 1 is 1.20 bits per heavy atom. The van der Waals surface area contributed by atoms with Crippen LogP contribution in [0, 0.1) is 0 Å². The highest BCUT2D eigenvalue weighted by atomic mass is 32.1. The Morgan fingerprint density at radius 3 is 2.80 bits per heavy atom. The molecular formula is C20H18N2O2S. The zero-order chi connectivity index (χ0) is 17.4. The van der Waals surface area contributed by atoms with Gasteiger partial charge < -0.3 is 15.0 Å². The van der Waals surface area contributed by atoms with E-state index in [4.69, 9.17) is 0 Å². The molecule has 0 unspecified atom stereocenters. The van der Waals surface area contributed by atoms with Crippen LogP contribution in [0.2, 0.25) is 0 Å². The van der Waals surface area contributed by atoms with Crippen LogP contribution in [0.3, 0.4) is 0 Å². The number of rotatable bonds is 4. The second kappa shape index (κ2) is 6.35. The van der Waals surface area contributed by atoms with Gasteiger partial charge in [0.25, 0.3) is 5.91 Å². The third-order valence-electron chi connectivity index (χ3n) is 4.39. The number of nitrogens with zero attached hydrogens (tertiary/aromatic N) is 1. The molecule has 4 rings (SSSR count). The molecule has 4 aromatic rings. The summed E-state index contributed by atoms with van der Waals surface area (Å²) < 4.78 is 3.07. The lowest BCUT2D eigenvalue weighted by Crippen LogP contribution is -2.27. The second-order valence-electron chi connectivity index (χ2n) is 6.09. The van der Waals surface area contributed by atoms with Gasteiger partial charge in [0.15, 0.2) is 0 Å². The van der Waals surface area contributed by atoms with E-state index in [1.54, 1.807) is 0 Å². The minimum Gasteiger partial charge on any atom is -0.386 e. The first-order valence-electron chi connectivity index (χ1n) is 8.12. The molecule has 2 heterocycles. The number of aliphatic hydroxyl groups excluding tert-OH is 1. The zero-order valence-electron chi connectivity index (χ0n) is 13.8. The Kier molecular flexibility index (Phi) is 4.03. The van der Waals surface area contributed by atoms with Crippen molar-refractivity contribution >= 4 is 38.2 Å². The largest absolute Gasteiger partial charge is 0.386 e. The number of carbonyl (C=O) groups excluding carboxylic acids is 1. The molecule has 2 aromatic heterocycles. The number of hydrogen-bond donors (Lipinski definition) is 2. The second-order valence-corrected chi connectivity index (χ2v) is 7.17. The van der Waals surface area contributed by atoms with E-state index in [-0.39, 0.29) is 12.5 Å². The van der Waals surface area contributed by atoms with Crippen LogP contribution in [-0.2, 0) is 7.05 Å². The lowest BCUT2D eigenvalue weighted by molar-refractivity contribution is 0.0921. The van der Waals surface area contributed by atoms with Crippen molar-refractivity contribution in [2.45, 2.75) is 6.10 Å². The van der Waals surface area contributed by atoms with Crippen LogP contribution in [0.15, 0.2) is 60.8 Å². The maximum Gasteiger partial charge on any atom is 0.261 e. The molecule has 0 saturated heterocycles. The summed E-state index contributed by atoms with van der Waals surface area (Å²) in [6.07, 6.45) is 1.17. The summed E-state index contributed by atoms with van der Waals surface area (Å²) in [6.45, 7) is 0.182. The molecule has 0 bridgehead atoms. The number of carbonyl (C=O) groups is 1. The molecule has 126 valence electrons. The average molecular weight is 350 g/mol. The van der Waals surface area contributed by atoms with Gasteiger partial charge in [0.2, 0.25) is 0 Å². The van der Waals surface area contributed by atoms with Crippen molar-refractivity contribution in [1.29, 1.82) is 0 Å². The summed E-state index contributed by atoms with van der Waals surface area (Å²) in [7, 11) is 1.95. The number of aromatic nitrogens is 1. The minimum absolute atomic E-state index is 0.152. The molecule has 1 amide bonds. The Morgan fingerprint density at radius 2 is 1.96 bits per heavy atom. The first kappa shape index (κ1) is 15.9. The van der Waals surface area contributed by atoms with Crippen molar-refractivity contribution in [3.63, 3.8) is 0 Å². The van der Waals surface area contributed by atoms with Gasteiger partial charge in [-0.2, -0.15) is 0 Å². The molecule has 0 saturated carbocycles. The quantitative estimate of drug-likeness (QED) is 0.587. The fraction of sp³-hybridized carbons (Fsp3) is 0.150. The number of hydrogen-bond acceptors (Lipinski definition) is 3. The van der Waals surface area contributed by atoms with Gasteiger partial charge in [0.05, 0.1) is 11.0 Å². The van der Waals surface area contributed by atoms with Gasteiger partial charge in [-0.05, 0) is 23.6 Å². The molecule has 0 radical (unpaired) electrons. The van der Waals surface area contributed by atoms with Crippen molar-refractivity contribution in [3.8, 4) is 0 Å². The summed E-state index contributed by atoms with van der Waals surface area (Å²) in [4.78, 5) is 13.1. The number of para-hydroxylation sites is 1. The highest BCUT2D eigenvalue weighted by Crippen LogP contribution is 2.27. The van der Waals surface area contributed by atoms with Gasteiger partial charge in [-0.1, -0.05) is 36.4 Å². The van der Waals surface area contributed by atoms with E-state index in [9.17, 15) is 9.90 Å². The van der Waals surface area contributed by atoms with Crippen LogP contribution >= 0.6 is 11.3 Å². The number of aliphatic hydroxyl groups is 1. The fourth-order valence-electron chi connectivity index (χ4n) is 3.12. The Hall–Kier alpha value is -2.63. The monoisotopic (exact) mass is 350 g/mol. The zero-order valence-corrected chi connectivity index (χ0v) is 14.6. The Labute approximate surface area is 149 Å². The predicted octanol–water partition coefficient (Wildman–Crippen LogP) is 3.86. The molecule has 2 aromatic carbocycles. The van der Waals surface area contributed by atoms with Crippen LogP contribution in [0.5, 0.6) is 0 Å². The Bertz CT molecular complexity index is 1030. The molecule has 0 fully saturated rings. The van der Waals surface area contributed by atoms with Crippen LogP contribution in [0.4, 0.5) is 0 Å². The topological polar surface area (TPSA) is 54.3 Å². The summed E-state index contributed by atoms with van der Waals surface area (Å²) >= 11 is 1.46. The van der Waals surface area contributed by atoms with Gasteiger partial charge in [-0.3, -0.25) is 4.79 Å². The van der Waals surface area contributed by atoms with Crippen LogP contribution in [-0.4, -0.2) is 22.1 Å². The lowest BCUT2D eigenvalue weighted by Gasteiger charge is -2.10. The first-order valence-corrected chi connectivity index (χ1v) is 8.94. The van der Waals surface area contributed by atoms with Crippen molar-refractivity contribution in [2.75, 3.05) is 6.54 Å². The van der Waals surface area contributed by atoms with Gasteiger partial charge in [-0.25, -0.2) is 0 Å².